The minimum absolute atomic E-state index is 0.0557. The van der Waals surface area contributed by atoms with E-state index in [0.29, 0.717) is 23.9 Å². The number of aromatic hydroxyl groups is 1. The first-order valence-electron chi connectivity index (χ1n) is 13.0. The van der Waals surface area contributed by atoms with Crippen LogP contribution in [0.25, 0.3) is 10.8 Å². The van der Waals surface area contributed by atoms with Crippen molar-refractivity contribution in [2.45, 2.75) is 12.8 Å². The molecule has 11 heteroatoms. The molecule has 11 nitrogen and oxygen atoms in total. The molecule has 0 aliphatic rings. The Morgan fingerprint density at radius 1 is 0.825 bits per heavy atom. The van der Waals surface area contributed by atoms with E-state index >= 15 is 0 Å². The fourth-order valence-corrected chi connectivity index (χ4v) is 4.04. The molecule has 3 aromatic carbocycles. The molecular weight excluding hydrogens is 510 g/mol. The molecule has 0 fully saturated rings. The van der Waals surface area contributed by atoms with Crippen LogP contribution in [0.3, 0.4) is 0 Å². The Morgan fingerprint density at radius 2 is 1.38 bits per heavy atom. The summed E-state index contributed by atoms with van der Waals surface area (Å²) in [5, 5.41) is 26.2. The highest BCUT2D eigenvalue weighted by Crippen LogP contribution is 2.39. The van der Waals surface area contributed by atoms with Gasteiger partial charge >= 0.3 is 0 Å². The molecule has 0 spiro atoms. The van der Waals surface area contributed by atoms with Crippen molar-refractivity contribution in [3.05, 3.63) is 65.2 Å². The summed E-state index contributed by atoms with van der Waals surface area (Å²) in [5.41, 5.74) is 6.15. The molecule has 3 aromatic rings. The third kappa shape index (κ3) is 8.32. The summed E-state index contributed by atoms with van der Waals surface area (Å²) in [7, 11) is 7.83. The number of azo groups is 1. The molecule has 0 unspecified atom stereocenters. The van der Waals surface area contributed by atoms with Crippen LogP contribution in [0.4, 0.5) is 11.4 Å². The van der Waals surface area contributed by atoms with Crippen LogP contribution in [0.5, 0.6) is 5.75 Å². The van der Waals surface area contributed by atoms with E-state index in [9.17, 15) is 19.5 Å². The van der Waals surface area contributed by atoms with Crippen LogP contribution >= 0.6 is 0 Å². The number of amides is 3. The highest BCUT2D eigenvalue weighted by molar-refractivity contribution is 6.06. The molecule has 0 heterocycles. The highest BCUT2D eigenvalue weighted by Gasteiger charge is 2.17. The monoisotopic (exact) mass is 547 g/mol. The maximum absolute atomic E-state index is 12.9. The first kappa shape index (κ1) is 30.2. The van der Waals surface area contributed by atoms with Gasteiger partial charge in [0.25, 0.3) is 17.7 Å². The van der Waals surface area contributed by atoms with E-state index in [1.165, 1.54) is 24.3 Å². The van der Waals surface area contributed by atoms with Gasteiger partial charge in [-0.05, 0) is 83.8 Å². The number of nitrogens with one attached hydrogen (secondary N) is 2. The van der Waals surface area contributed by atoms with Gasteiger partial charge in [0.1, 0.15) is 5.69 Å². The molecule has 0 bridgehead atoms. The normalized spacial score (nSPS) is 11.4. The molecule has 40 heavy (non-hydrogen) atoms. The number of hydrogen-bond donors (Lipinski definition) is 4. The van der Waals surface area contributed by atoms with E-state index < -0.39 is 11.7 Å². The van der Waals surface area contributed by atoms with Gasteiger partial charge in [-0.25, -0.2) is 0 Å². The summed E-state index contributed by atoms with van der Waals surface area (Å²) in [4.78, 5) is 41.9. The van der Waals surface area contributed by atoms with Gasteiger partial charge < -0.3 is 31.3 Å². The fourth-order valence-electron chi connectivity index (χ4n) is 4.04. The quantitative estimate of drug-likeness (QED) is 0.190. The number of carbonyl (C=O) groups excluding carboxylic acids is 3. The smallest absolute Gasteiger partial charge is 0.252 e. The van der Waals surface area contributed by atoms with Crippen LogP contribution in [0.2, 0.25) is 0 Å². The molecular formula is C29H37N7O4. The Balaban J connectivity index is 1.96. The zero-order valence-corrected chi connectivity index (χ0v) is 23.4. The van der Waals surface area contributed by atoms with Crippen molar-refractivity contribution in [3.63, 3.8) is 0 Å². The zero-order chi connectivity index (χ0) is 29.2. The number of primary amides is 1. The molecule has 0 radical (unpaired) electrons. The summed E-state index contributed by atoms with van der Waals surface area (Å²) >= 11 is 0. The molecule has 0 aliphatic heterocycles. The molecule has 3 amide bonds. The first-order chi connectivity index (χ1) is 19.1. The number of hydrogen-bond acceptors (Lipinski definition) is 8. The van der Waals surface area contributed by atoms with Crippen LogP contribution < -0.4 is 16.4 Å². The molecule has 3 rings (SSSR count). The lowest BCUT2D eigenvalue weighted by molar-refractivity contribution is 0.0950. The average molecular weight is 548 g/mol. The third-order valence-electron chi connectivity index (χ3n) is 6.10. The lowest BCUT2D eigenvalue weighted by Crippen LogP contribution is -2.29. The molecule has 0 atom stereocenters. The summed E-state index contributed by atoms with van der Waals surface area (Å²) < 4.78 is 0. The van der Waals surface area contributed by atoms with Crippen molar-refractivity contribution in [1.82, 2.24) is 20.4 Å². The zero-order valence-electron chi connectivity index (χ0n) is 23.4. The first-order valence-corrected chi connectivity index (χ1v) is 13.0. The largest absolute Gasteiger partial charge is 0.505 e. The van der Waals surface area contributed by atoms with Crippen LogP contribution in [0.1, 0.15) is 43.9 Å². The average Bonchev–Trinajstić information content (AvgIpc) is 2.91. The van der Waals surface area contributed by atoms with Gasteiger partial charge in [0.05, 0.1) is 11.3 Å². The van der Waals surface area contributed by atoms with Crippen LogP contribution in [0.15, 0.2) is 58.8 Å². The second kappa shape index (κ2) is 14.2. The highest BCUT2D eigenvalue weighted by atomic mass is 16.3. The number of fused-ring (bicyclic) bond motifs is 1. The van der Waals surface area contributed by atoms with Gasteiger partial charge in [0.15, 0.2) is 5.75 Å². The van der Waals surface area contributed by atoms with Gasteiger partial charge in [-0.3, -0.25) is 14.4 Å². The fraction of sp³-hybridized carbons (Fsp3) is 0.345. The SMILES string of the molecule is CN(C)CCCNC(=O)c1cc(/N=N\c2c(O)c(C(N)=O)cc3ccccc23)cc(C(=O)NCCCN(C)C)c1. The number of benzene rings is 3. The molecule has 5 N–H and O–H groups in total. The van der Waals surface area contributed by atoms with Crippen molar-refractivity contribution >= 4 is 39.9 Å². The van der Waals surface area contributed by atoms with Crippen molar-refractivity contribution in [2.24, 2.45) is 16.0 Å². The van der Waals surface area contributed by atoms with E-state index in [0.717, 1.165) is 25.9 Å². The van der Waals surface area contributed by atoms with Crippen molar-refractivity contribution < 1.29 is 19.5 Å². The maximum atomic E-state index is 12.9. The van der Waals surface area contributed by atoms with E-state index in [1.807, 2.05) is 38.0 Å². The second-order valence-electron chi connectivity index (χ2n) is 10.0. The summed E-state index contributed by atoms with van der Waals surface area (Å²) in [5.74, 6) is -1.90. The lowest BCUT2D eigenvalue weighted by Gasteiger charge is -2.12. The Morgan fingerprint density at radius 3 is 1.90 bits per heavy atom. The Kier molecular flexibility index (Phi) is 10.7. The number of phenols is 1. The number of carbonyl (C=O) groups is 3. The summed E-state index contributed by atoms with van der Waals surface area (Å²) in [6.07, 6.45) is 1.53. The predicted molar refractivity (Wildman–Crippen MR) is 156 cm³/mol. The summed E-state index contributed by atoms with van der Waals surface area (Å²) in [6.45, 7) is 2.57. The van der Waals surface area contributed by atoms with E-state index in [2.05, 4.69) is 20.9 Å². The molecule has 0 saturated heterocycles. The molecule has 212 valence electrons. The Bertz CT molecular complexity index is 1360. The Labute approximate surface area is 234 Å². The van der Waals surface area contributed by atoms with Crippen LogP contribution in [0, 0.1) is 0 Å². The van der Waals surface area contributed by atoms with E-state index in [4.69, 9.17) is 5.73 Å². The lowest BCUT2D eigenvalue weighted by atomic mass is 10.0. The van der Waals surface area contributed by atoms with Gasteiger partial charge in [0.2, 0.25) is 0 Å². The molecule has 0 aromatic heterocycles. The van der Waals surface area contributed by atoms with Crippen LogP contribution in [-0.4, -0.2) is 87.0 Å². The maximum Gasteiger partial charge on any atom is 0.252 e. The number of nitrogens with zero attached hydrogens (tertiary/aromatic N) is 4. The van der Waals surface area contributed by atoms with Gasteiger partial charge in [-0.1, -0.05) is 24.3 Å². The second-order valence-corrected chi connectivity index (χ2v) is 10.0. The number of rotatable bonds is 13. The minimum Gasteiger partial charge on any atom is -0.505 e. The molecule has 0 aliphatic carbocycles. The van der Waals surface area contributed by atoms with Gasteiger partial charge in [-0.2, -0.15) is 5.11 Å². The van der Waals surface area contributed by atoms with Crippen molar-refractivity contribution in [3.8, 4) is 5.75 Å². The number of nitrogens with two attached hydrogens (primary N) is 1. The van der Waals surface area contributed by atoms with Gasteiger partial charge in [0, 0.05) is 29.6 Å². The molecule has 0 saturated carbocycles. The Hall–Kier alpha value is -4.35. The van der Waals surface area contributed by atoms with Crippen molar-refractivity contribution in [2.75, 3.05) is 54.4 Å². The van der Waals surface area contributed by atoms with Gasteiger partial charge in [-0.15, -0.1) is 5.11 Å². The summed E-state index contributed by atoms with van der Waals surface area (Å²) in [6, 6.07) is 13.1. The van der Waals surface area contributed by atoms with E-state index in [-0.39, 0.29) is 39.9 Å². The topological polar surface area (TPSA) is 153 Å². The standard InChI is InChI=1S/C29H37N7O4/c1-35(2)13-7-11-31-28(39)20-15-21(29(40)32-12-8-14-36(3)4)17-22(16-20)33-34-25-23-10-6-5-9-19(23)18-24(26(25)37)27(30)38/h5-6,9-10,15-18,37H,7-8,11-14H2,1-4H3,(H2,30,38)(H,31,39)(H,32,40)/b34-33-. The van der Waals surface area contributed by atoms with E-state index in [1.54, 1.807) is 24.3 Å². The minimum atomic E-state index is -0.805. The predicted octanol–water partition coefficient (Wildman–Crippen LogP) is 3.42. The van der Waals surface area contributed by atoms with Crippen molar-refractivity contribution in [1.29, 1.82) is 0 Å². The van der Waals surface area contributed by atoms with Crippen LogP contribution in [-0.2, 0) is 0 Å². The third-order valence-corrected chi connectivity index (χ3v) is 6.10.